The van der Waals surface area contributed by atoms with Crippen molar-refractivity contribution >= 4 is 6.29 Å². The average Bonchev–Trinajstić information content (AvgIpc) is 2.63. The van der Waals surface area contributed by atoms with Gasteiger partial charge in [0.25, 0.3) is 0 Å². The molecule has 1 N–H and O–H groups in total. The smallest absolute Gasteiger partial charge is 0.141 e. The van der Waals surface area contributed by atoms with Gasteiger partial charge in [-0.25, -0.2) is 0 Å². The number of pyridine rings is 1. The zero-order valence-corrected chi connectivity index (χ0v) is 13.0. The summed E-state index contributed by atoms with van der Waals surface area (Å²) < 4.78 is 5.77. The van der Waals surface area contributed by atoms with Crippen molar-refractivity contribution in [3.8, 4) is 5.75 Å². The number of nitrogens with one attached hydrogen (secondary N) is 1. The summed E-state index contributed by atoms with van der Waals surface area (Å²) in [6.07, 6.45) is 4.53. The van der Waals surface area contributed by atoms with E-state index in [0.717, 1.165) is 49.3 Å². The Labute approximate surface area is 136 Å². The first kappa shape index (κ1) is 15.6. The molecular weight excluding hydrogens is 290 g/mol. The van der Waals surface area contributed by atoms with Crippen molar-refractivity contribution < 1.29 is 9.53 Å². The van der Waals surface area contributed by atoms with Crippen LogP contribution in [0.25, 0.3) is 0 Å². The quantitative estimate of drug-likeness (QED) is 0.825. The molecule has 1 aromatic carbocycles. The molecule has 1 aliphatic heterocycles. The molecule has 1 saturated heterocycles. The van der Waals surface area contributed by atoms with Crippen molar-refractivity contribution in [1.29, 1.82) is 0 Å². The van der Waals surface area contributed by atoms with Gasteiger partial charge in [-0.3, -0.25) is 9.88 Å². The van der Waals surface area contributed by atoms with Crippen molar-refractivity contribution in [2.24, 2.45) is 0 Å². The summed E-state index contributed by atoms with van der Waals surface area (Å²) in [4.78, 5) is 17.7. The lowest BCUT2D eigenvalue weighted by molar-refractivity contribution is -0.112. The van der Waals surface area contributed by atoms with Gasteiger partial charge in [-0.15, -0.1) is 0 Å². The molecule has 0 radical (unpaired) electrons. The highest BCUT2D eigenvalue weighted by atomic mass is 16.5. The molecule has 0 spiro atoms. The Kier molecular flexibility index (Phi) is 5.34. The van der Waals surface area contributed by atoms with Gasteiger partial charge in [0.15, 0.2) is 0 Å². The Balaban J connectivity index is 1.62. The molecule has 5 heteroatoms. The summed E-state index contributed by atoms with van der Waals surface area (Å²) in [5.41, 5.74) is 2.09. The third-order valence-electron chi connectivity index (χ3n) is 4.05. The molecule has 3 rings (SSSR count). The van der Waals surface area contributed by atoms with E-state index in [4.69, 9.17) is 4.74 Å². The SMILES string of the molecule is O=CC(c1ccc(OCc2ccncc2)cc1)N1CCNCC1. The van der Waals surface area contributed by atoms with E-state index in [2.05, 4.69) is 15.2 Å². The fraction of sp³-hybridized carbons (Fsp3) is 0.333. The molecule has 1 aliphatic rings. The lowest BCUT2D eigenvalue weighted by atomic mass is 10.1. The highest BCUT2D eigenvalue weighted by Crippen LogP contribution is 2.22. The maximum Gasteiger partial charge on any atom is 0.141 e. The van der Waals surface area contributed by atoms with E-state index in [0.29, 0.717) is 6.61 Å². The summed E-state index contributed by atoms with van der Waals surface area (Å²) in [5.74, 6) is 0.801. The van der Waals surface area contributed by atoms with Crippen LogP contribution in [-0.2, 0) is 11.4 Å². The van der Waals surface area contributed by atoms with Gasteiger partial charge in [0.2, 0.25) is 0 Å². The number of nitrogens with zero attached hydrogens (tertiary/aromatic N) is 2. The van der Waals surface area contributed by atoms with Crippen LogP contribution in [-0.4, -0.2) is 42.3 Å². The van der Waals surface area contributed by atoms with Crippen molar-refractivity contribution in [3.05, 3.63) is 59.9 Å². The summed E-state index contributed by atoms with van der Waals surface area (Å²) >= 11 is 0. The van der Waals surface area contributed by atoms with Gasteiger partial charge < -0.3 is 14.8 Å². The number of benzene rings is 1. The van der Waals surface area contributed by atoms with E-state index in [-0.39, 0.29) is 6.04 Å². The van der Waals surface area contributed by atoms with Gasteiger partial charge >= 0.3 is 0 Å². The number of ether oxygens (including phenoxy) is 1. The maximum atomic E-state index is 11.5. The van der Waals surface area contributed by atoms with E-state index < -0.39 is 0 Å². The van der Waals surface area contributed by atoms with Gasteiger partial charge in [0.05, 0.1) is 6.04 Å². The minimum atomic E-state index is -0.175. The first-order valence-corrected chi connectivity index (χ1v) is 7.88. The molecule has 1 fully saturated rings. The summed E-state index contributed by atoms with van der Waals surface area (Å²) in [6.45, 7) is 4.15. The van der Waals surface area contributed by atoms with Gasteiger partial charge in [0, 0.05) is 38.6 Å². The Bertz CT molecular complexity index is 610. The Hall–Kier alpha value is -2.24. The molecule has 120 valence electrons. The molecule has 0 amide bonds. The first-order chi connectivity index (χ1) is 11.4. The number of carbonyl (C=O) groups excluding carboxylic acids is 1. The second kappa shape index (κ2) is 7.85. The van der Waals surface area contributed by atoms with Gasteiger partial charge in [-0.05, 0) is 35.4 Å². The largest absolute Gasteiger partial charge is 0.489 e. The minimum Gasteiger partial charge on any atom is -0.489 e. The highest BCUT2D eigenvalue weighted by molar-refractivity contribution is 5.61. The first-order valence-electron chi connectivity index (χ1n) is 7.88. The zero-order chi connectivity index (χ0) is 15.9. The fourth-order valence-electron chi connectivity index (χ4n) is 2.74. The second-order valence-corrected chi connectivity index (χ2v) is 5.58. The van der Waals surface area contributed by atoms with Gasteiger partial charge in [-0.1, -0.05) is 12.1 Å². The minimum absolute atomic E-state index is 0.175. The van der Waals surface area contributed by atoms with E-state index in [1.54, 1.807) is 12.4 Å². The number of piperazine rings is 1. The van der Waals surface area contributed by atoms with Crippen LogP contribution < -0.4 is 10.1 Å². The normalized spacial score (nSPS) is 16.7. The van der Waals surface area contributed by atoms with E-state index >= 15 is 0 Å². The van der Waals surface area contributed by atoms with Gasteiger partial charge in [-0.2, -0.15) is 0 Å². The molecule has 23 heavy (non-hydrogen) atoms. The number of aldehydes is 1. The van der Waals surface area contributed by atoms with Crippen molar-refractivity contribution in [1.82, 2.24) is 15.2 Å². The van der Waals surface area contributed by atoms with Gasteiger partial charge in [0.1, 0.15) is 18.6 Å². The summed E-state index contributed by atoms with van der Waals surface area (Å²) in [5, 5.41) is 3.30. The number of aromatic nitrogens is 1. The van der Waals surface area contributed by atoms with Crippen LogP contribution in [0.5, 0.6) is 5.75 Å². The average molecular weight is 311 g/mol. The highest BCUT2D eigenvalue weighted by Gasteiger charge is 2.21. The van der Waals surface area contributed by atoms with Crippen molar-refractivity contribution in [2.75, 3.05) is 26.2 Å². The lowest BCUT2D eigenvalue weighted by Gasteiger charge is -2.32. The third-order valence-corrected chi connectivity index (χ3v) is 4.05. The number of rotatable bonds is 6. The molecule has 0 aliphatic carbocycles. The van der Waals surface area contributed by atoms with Crippen LogP contribution in [0.4, 0.5) is 0 Å². The molecule has 5 nitrogen and oxygen atoms in total. The monoisotopic (exact) mass is 311 g/mol. The molecule has 2 aromatic rings. The zero-order valence-electron chi connectivity index (χ0n) is 13.0. The van der Waals surface area contributed by atoms with Crippen LogP contribution in [0, 0.1) is 0 Å². The predicted octanol–water partition coefficient (Wildman–Crippen LogP) is 1.81. The fourth-order valence-corrected chi connectivity index (χ4v) is 2.74. The molecule has 1 atom stereocenters. The predicted molar refractivity (Wildman–Crippen MR) is 88.3 cm³/mol. The van der Waals surface area contributed by atoms with Crippen LogP contribution in [0.15, 0.2) is 48.8 Å². The molecule has 2 heterocycles. The Morgan fingerprint density at radius 2 is 1.83 bits per heavy atom. The van der Waals surface area contributed by atoms with Crippen LogP contribution >= 0.6 is 0 Å². The Morgan fingerprint density at radius 1 is 1.13 bits per heavy atom. The topological polar surface area (TPSA) is 54.5 Å². The summed E-state index contributed by atoms with van der Waals surface area (Å²) in [7, 11) is 0. The van der Waals surface area contributed by atoms with E-state index in [9.17, 15) is 4.79 Å². The number of hydrogen-bond acceptors (Lipinski definition) is 5. The molecule has 0 saturated carbocycles. The maximum absolute atomic E-state index is 11.5. The number of hydrogen-bond donors (Lipinski definition) is 1. The molecule has 0 bridgehead atoms. The third kappa shape index (κ3) is 4.15. The van der Waals surface area contributed by atoms with Crippen LogP contribution in [0.3, 0.4) is 0 Å². The van der Waals surface area contributed by atoms with Crippen LogP contribution in [0.1, 0.15) is 17.2 Å². The lowest BCUT2D eigenvalue weighted by Crippen LogP contribution is -2.45. The standard InChI is InChI=1S/C18H21N3O2/c22-13-18(21-11-9-20-10-12-21)16-1-3-17(4-2-16)23-14-15-5-7-19-8-6-15/h1-8,13,18,20H,9-12,14H2. The van der Waals surface area contributed by atoms with E-state index in [1.165, 1.54) is 0 Å². The summed E-state index contributed by atoms with van der Waals surface area (Å²) in [6, 6.07) is 11.5. The number of carbonyl (C=O) groups is 1. The molecule has 1 unspecified atom stereocenters. The van der Waals surface area contributed by atoms with Crippen molar-refractivity contribution in [2.45, 2.75) is 12.6 Å². The van der Waals surface area contributed by atoms with Crippen LogP contribution in [0.2, 0.25) is 0 Å². The van der Waals surface area contributed by atoms with Crippen molar-refractivity contribution in [3.63, 3.8) is 0 Å². The molecule has 1 aromatic heterocycles. The Morgan fingerprint density at radius 3 is 2.48 bits per heavy atom. The molecular formula is C18H21N3O2. The van der Waals surface area contributed by atoms with E-state index in [1.807, 2.05) is 36.4 Å². The second-order valence-electron chi connectivity index (χ2n) is 5.58.